The maximum atomic E-state index is 11.5. The first-order chi connectivity index (χ1) is 9.50. The van der Waals surface area contributed by atoms with Crippen LogP contribution in [0.5, 0.6) is 0 Å². The number of rotatable bonds is 6. The highest BCUT2D eigenvalue weighted by Crippen LogP contribution is 2.20. The van der Waals surface area contributed by atoms with Crippen LogP contribution in [-0.2, 0) is 16.3 Å². The van der Waals surface area contributed by atoms with Crippen LogP contribution >= 0.6 is 0 Å². The van der Waals surface area contributed by atoms with Crippen molar-refractivity contribution in [3.05, 3.63) is 54.0 Å². The predicted molar refractivity (Wildman–Crippen MR) is 78.4 cm³/mol. The number of hydrogen-bond acceptors (Lipinski definition) is 4. The van der Waals surface area contributed by atoms with E-state index in [1.807, 2.05) is 25.1 Å². The van der Waals surface area contributed by atoms with Crippen molar-refractivity contribution in [1.29, 1.82) is 0 Å². The molecule has 0 bridgehead atoms. The molecule has 0 aliphatic heterocycles. The molecule has 2 rings (SSSR count). The molecule has 0 aliphatic carbocycles. The van der Waals surface area contributed by atoms with E-state index in [4.69, 9.17) is 4.42 Å². The van der Waals surface area contributed by atoms with Gasteiger partial charge in [-0.2, -0.15) is 0 Å². The van der Waals surface area contributed by atoms with Crippen molar-refractivity contribution in [3.63, 3.8) is 0 Å². The van der Waals surface area contributed by atoms with Crippen molar-refractivity contribution in [2.24, 2.45) is 0 Å². The third-order valence-electron chi connectivity index (χ3n) is 3.18. The molecule has 4 nitrogen and oxygen atoms in total. The van der Waals surface area contributed by atoms with Crippen LogP contribution in [0.15, 0.2) is 52.2 Å². The molecular weight excluding hydrogens is 274 g/mol. The molecule has 1 aromatic heterocycles. The Hall–Kier alpha value is -1.59. The Morgan fingerprint density at radius 3 is 2.40 bits per heavy atom. The smallest absolute Gasteiger partial charge is 0.175 e. The number of furan rings is 1. The summed E-state index contributed by atoms with van der Waals surface area (Å²) >= 11 is 0. The summed E-state index contributed by atoms with van der Waals surface area (Å²) in [5.74, 6) is 0. The number of likely N-dealkylation sites (N-methyl/N-ethyl adjacent to an activating group) is 1. The van der Waals surface area contributed by atoms with Crippen molar-refractivity contribution in [2.45, 2.75) is 24.3 Å². The molecular formula is C15H19NO3S. The second-order valence-corrected chi connectivity index (χ2v) is 6.80. The van der Waals surface area contributed by atoms with Crippen LogP contribution in [0.1, 0.15) is 24.1 Å². The summed E-state index contributed by atoms with van der Waals surface area (Å²) < 4.78 is 28.0. The third-order valence-corrected chi connectivity index (χ3v) is 4.31. The SMILES string of the molecule is CCNC(Cc1ccoc1)c1ccc(S(C)(=O)=O)cc1. The first-order valence-corrected chi connectivity index (χ1v) is 8.44. The van der Waals surface area contributed by atoms with Crippen molar-refractivity contribution < 1.29 is 12.8 Å². The highest BCUT2D eigenvalue weighted by molar-refractivity contribution is 7.90. The van der Waals surface area contributed by atoms with Gasteiger partial charge in [0.25, 0.3) is 0 Å². The Kier molecular flexibility index (Phi) is 4.62. The number of hydrogen-bond donors (Lipinski definition) is 1. The first kappa shape index (κ1) is 14.8. The molecule has 0 fully saturated rings. The lowest BCUT2D eigenvalue weighted by Crippen LogP contribution is -2.22. The molecule has 1 N–H and O–H groups in total. The van der Waals surface area contributed by atoms with Gasteiger partial charge in [0.1, 0.15) is 0 Å². The monoisotopic (exact) mass is 293 g/mol. The van der Waals surface area contributed by atoms with E-state index in [1.54, 1.807) is 24.7 Å². The second kappa shape index (κ2) is 6.24. The lowest BCUT2D eigenvalue weighted by Gasteiger charge is -2.18. The normalized spacial score (nSPS) is 13.3. The van der Waals surface area contributed by atoms with Crippen LogP contribution in [0.3, 0.4) is 0 Å². The highest BCUT2D eigenvalue weighted by Gasteiger charge is 2.13. The quantitative estimate of drug-likeness (QED) is 0.889. The summed E-state index contributed by atoms with van der Waals surface area (Å²) in [6.45, 7) is 2.89. The van der Waals surface area contributed by atoms with Gasteiger partial charge in [0.2, 0.25) is 0 Å². The third kappa shape index (κ3) is 3.71. The van der Waals surface area contributed by atoms with Gasteiger partial charge in [-0.1, -0.05) is 19.1 Å². The van der Waals surface area contributed by atoms with E-state index < -0.39 is 9.84 Å². The van der Waals surface area contributed by atoms with Crippen LogP contribution in [0.4, 0.5) is 0 Å². The lowest BCUT2D eigenvalue weighted by molar-refractivity contribution is 0.534. The zero-order valence-corrected chi connectivity index (χ0v) is 12.5. The summed E-state index contributed by atoms with van der Waals surface area (Å²) in [6, 6.07) is 9.13. The van der Waals surface area contributed by atoms with Crippen molar-refractivity contribution >= 4 is 9.84 Å². The maximum absolute atomic E-state index is 11.5. The first-order valence-electron chi connectivity index (χ1n) is 6.55. The van der Waals surface area contributed by atoms with Gasteiger partial charge in [-0.3, -0.25) is 0 Å². The van der Waals surface area contributed by atoms with Crippen LogP contribution in [-0.4, -0.2) is 21.2 Å². The van der Waals surface area contributed by atoms with E-state index in [1.165, 1.54) is 6.26 Å². The molecule has 1 heterocycles. The molecule has 0 radical (unpaired) electrons. The molecule has 108 valence electrons. The largest absolute Gasteiger partial charge is 0.472 e. The molecule has 1 unspecified atom stereocenters. The molecule has 20 heavy (non-hydrogen) atoms. The van der Waals surface area contributed by atoms with Crippen molar-refractivity contribution in [2.75, 3.05) is 12.8 Å². The maximum Gasteiger partial charge on any atom is 0.175 e. The van der Waals surface area contributed by atoms with Gasteiger partial charge in [0.15, 0.2) is 9.84 Å². The van der Waals surface area contributed by atoms with Gasteiger partial charge in [0, 0.05) is 12.3 Å². The molecule has 0 aliphatic rings. The lowest BCUT2D eigenvalue weighted by atomic mass is 10.0. The molecule has 0 saturated heterocycles. The summed E-state index contributed by atoms with van der Waals surface area (Å²) in [4.78, 5) is 0.347. The molecule has 0 saturated carbocycles. The number of sulfone groups is 1. The van der Waals surface area contributed by atoms with E-state index in [0.29, 0.717) is 4.90 Å². The molecule has 0 spiro atoms. The summed E-state index contributed by atoms with van der Waals surface area (Å²) in [6.07, 6.45) is 5.41. The van der Waals surface area contributed by atoms with Crippen molar-refractivity contribution in [1.82, 2.24) is 5.32 Å². The fourth-order valence-corrected chi connectivity index (χ4v) is 2.78. The average molecular weight is 293 g/mol. The van der Waals surface area contributed by atoms with Crippen LogP contribution in [0.25, 0.3) is 0 Å². The summed E-state index contributed by atoms with van der Waals surface area (Å²) in [5, 5.41) is 3.40. The minimum absolute atomic E-state index is 0.145. The van der Waals surface area contributed by atoms with E-state index in [0.717, 1.165) is 24.1 Å². The van der Waals surface area contributed by atoms with E-state index in [2.05, 4.69) is 5.32 Å². The predicted octanol–water partition coefficient (Wildman–Crippen LogP) is 2.58. The van der Waals surface area contributed by atoms with E-state index in [9.17, 15) is 8.42 Å². The average Bonchev–Trinajstić information content (AvgIpc) is 2.90. The Balaban J connectivity index is 2.21. The van der Waals surface area contributed by atoms with Gasteiger partial charge < -0.3 is 9.73 Å². The number of benzene rings is 1. The molecule has 0 amide bonds. The van der Waals surface area contributed by atoms with Crippen LogP contribution in [0, 0.1) is 0 Å². The standard InChI is InChI=1S/C15H19NO3S/c1-3-16-15(10-12-8-9-19-11-12)13-4-6-14(7-5-13)20(2,17)18/h4-9,11,15-16H,3,10H2,1-2H3. The fourth-order valence-electron chi connectivity index (χ4n) is 2.15. The van der Waals surface area contributed by atoms with Crippen LogP contribution in [0.2, 0.25) is 0 Å². The van der Waals surface area contributed by atoms with Gasteiger partial charge in [-0.25, -0.2) is 8.42 Å². The number of nitrogens with one attached hydrogen (secondary N) is 1. The van der Waals surface area contributed by atoms with E-state index in [-0.39, 0.29) is 6.04 Å². The fraction of sp³-hybridized carbons (Fsp3) is 0.333. The Labute approximate surface area is 119 Å². The zero-order valence-electron chi connectivity index (χ0n) is 11.7. The van der Waals surface area contributed by atoms with E-state index >= 15 is 0 Å². The highest BCUT2D eigenvalue weighted by atomic mass is 32.2. The summed E-state index contributed by atoms with van der Waals surface area (Å²) in [7, 11) is -3.14. The summed E-state index contributed by atoms with van der Waals surface area (Å²) in [5.41, 5.74) is 2.18. The Bertz CT molecular complexity index is 630. The molecule has 1 atom stereocenters. The van der Waals surface area contributed by atoms with Gasteiger partial charge in [0.05, 0.1) is 17.4 Å². The molecule has 1 aromatic carbocycles. The van der Waals surface area contributed by atoms with Gasteiger partial charge in [-0.15, -0.1) is 0 Å². The zero-order chi connectivity index (χ0) is 14.6. The van der Waals surface area contributed by atoms with Gasteiger partial charge in [-0.05, 0) is 42.3 Å². The van der Waals surface area contributed by atoms with Gasteiger partial charge >= 0.3 is 0 Å². The minimum Gasteiger partial charge on any atom is -0.472 e. The minimum atomic E-state index is -3.14. The van der Waals surface area contributed by atoms with Crippen LogP contribution < -0.4 is 5.32 Å². The van der Waals surface area contributed by atoms with Crippen molar-refractivity contribution in [3.8, 4) is 0 Å². The Morgan fingerprint density at radius 2 is 1.90 bits per heavy atom. The topological polar surface area (TPSA) is 59.3 Å². The molecule has 5 heteroatoms. The Morgan fingerprint density at radius 1 is 1.20 bits per heavy atom. The molecule has 2 aromatic rings. The second-order valence-electron chi connectivity index (χ2n) is 4.79.